The van der Waals surface area contributed by atoms with Crippen molar-refractivity contribution < 1.29 is 69.3 Å². The van der Waals surface area contributed by atoms with Crippen LogP contribution in [0.1, 0.15) is 6.92 Å². The maximum Gasteiger partial charge on any atom is 0.239 e. The Kier molecular flexibility index (Phi) is 8.30. The summed E-state index contributed by atoms with van der Waals surface area (Å²) in [6.07, 6.45) is -15.5. The topological polar surface area (TPSA) is 249 Å². The number of fused-ring (bicyclic) bond motifs is 1. The molecule has 0 radical (unpaired) electrons. The second-order valence-corrected chi connectivity index (χ2v) is 10.1. The van der Waals surface area contributed by atoms with Crippen LogP contribution >= 0.6 is 0 Å². The van der Waals surface area contributed by atoms with Gasteiger partial charge in [0, 0.05) is 17.7 Å². The Morgan fingerprint density at radius 1 is 0.786 bits per heavy atom. The highest BCUT2D eigenvalue weighted by Crippen LogP contribution is 2.38. The molecule has 228 valence electrons. The van der Waals surface area contributed by atoms with Crippen molar-refractivity contribution in [3.8, 4) is 34.3 Å². The van der Waals surface area contributed by atoms with Crippen LogP contribution in [0.3, 0.4) is 0 Å². The lowest BCUT2D eigenvalue weighted by Crippen LogP contribution is -2.60. The van der Waals surface area contributed by atoms with E-state index in [0.29, 0.717) is 0 Å². The van der Waals surface area contributed by atoms with Gasteiger partial charge in [-0.3, -0.25) is 4.79 Å². The summed E-state index contributed by atoms with van der Waals surface area (Å²) >= 11 is 0. The van der Waals surface area contributed by atoms with Crippen molar-refractivity contribution in [1.29, 1.82) is 0 Å². The Balaban J connectivity index is 1.58. The van der Waals surface area contributed by atoms with Crippen LogP contribution in [0.15, 0.2) is 45.6 Å². The highest BCUT2D eigenvalue weighted by molar-refractivity contribution is 5.88. The Labute approximate surface area is 236 Å². The van der Waals surface area contributed by atoms with E-state index in [0.717, 1.165) is 6.07 Å². The van der Waals surface area contributed by atoms with Gasteiger partial charge in [-0.2, -0.15) is 0 Å². The largest absolute Gasteiger partial charge is 0.508 e. The SMILES string of the molecule is CC1O[C@@H](Oc2cc(O)c3c(=O)c(O[C@@H]4OC(CO)[C@@H](O)C(O)C4O)c(-c4ccc(O)cc4)oc3c2)C(O)C(O)[C@H]1O. The summed E-state index contributed by atoms with van der Waals surface area (Å²) in [5.74, 6) is -1.77. The maximum atomic E-state index is 13.7. The summed E-state index contributed by atoms with van der Waals surface area (Å²) in [7, 11) is 0. The van der Waals surface area contributed by atoms with Gasteiger partial charge in [-0.25, -0.2) is 0 Å². The van der Waals surface area contributed by atoms with Crippen molar-refractivity contribution >= 4 is 11.0 Å². The molecule has 15 nitrogen and oxygen atoms in total. The van der Waals surface area contributed by atoms with Gasteiger partial charge >= 0.3 is 0 Å². The van der Waals surface area contributed by atoms with Crippen LogP contribution in [0.2, 0.25) is 0 Å². The molecule has 5 rings (SSSR count). The molecule has 3 heterocycles. The molecule has 15 heteroatoms. The third-order valence-corrected chi connectivity index (χ3v) is 7.18. The fraction of sp³-hybridized carbons (Fsp3) is 0.444. The predicted octanol–water partition coefficient (Wildman–Crippen LogP) is -1.74. The van der Waals surface area contributed by atoms with Crippen LogP contribution < -0.4 is 14.9 Å². The highest BCUT2D eigenvalue weighted by atomic mass is 16.7. The van der Waals surface area contributed by atoms with Crippen molar-refractivity contribution in [2.75, 3.05) is 6.61 Å². The number of aliphatic hydroxyl groups is 7. The number of phenolic OH excluding ortho intramolecular Hbond substituents is 2. The number of phenols is 2. The lowest BCUT2D eigenvalue weighted by Gasteiger charge is -2.39. The van der Waals surface area contributed by atoms with Crippen LogP contribution in [-0.2, 0) is 9.47 Å². The van der Waals surface area contributed by atoms with Crippen LogP contribution in [-0.4, -0.2) is 114 Å². The summed E-state index contributed by atoms with van der Waals surface area (Å²) in [5.41, 5.74) is -1.01. The monoisotopic (exact) mass is 594 g/mol. The second kappa shape index (κ2) is 11.6. The van der Waals surface area contributed by atoms with E-state index >= 15 is 0 Å². The number of hydrogen-bond donors (Lipinski definition) is 9. The quantitative estimate of drug-likeness (QED) is 0.154. The van der Waals surface area contributed by atoms with Gasteiger partial charge in [0.15, 0.2) is 5.76 Å². The average molecular weight is 595 g/mol. The first-order valence-electron chi connectivity index (χ1n) is 12.9. The molecule has 1 aromatic heterocycles. The van der Waals surface area contributed by atoms with Crippen molar-refractivity contribution in [3.05, 3.63) is 46.6 Å². The molecule has 3 aromatic rings. The first-order valence-corrected chi connectivity index (χ1v) is 12.9. The average Bonchev–Trinajstić information content (AvgIpc) is 2.96. The molecule has 0 amide bonds. The van der Waals surface area contributed by atoms with Crippen LogP contribution in [0.5, 0.6) is 23.0 Å². The molecule has 2 aliphatic rings. The molecule has 0 bridgehead atoms. The van der Waals surface area contributed by atoms with Crippen LogP contribution in [0.4, 0.5) is 0 Å². The fourth-order valence-electron chi connectivity index (χ4n) is 4.76. The van der Waals surface area contributed by atoms with Crippen LogP contribution in [0, 0.1) is 0 Å². The molecule has 6 unspecified atom stereocenters. The van der Waals surface area contributed by atoms with Crippen molar-refractivity contribution in [2.45, 2.75) is 68.3 Å². The molecular weight excluding hydrogens is 564 g/mol. The summed E-state index contributed by atoms with van der Waals surface area (Å²) in [4.78, 5) is 13.7. The Bertz CT molecular complexity index is 1470. The minimum atomic E-state index is -1.87. The fourth-order valence-corrected chi connectivity index (χ4v) is 4.76. The van der Waals surface area contributed by atoms with Gasteiger partial charge in [0.05, 0.1) is 12.7 Å². The number of aliphatic hydroxyl groups excluding tert-OH is 7. The number of aromatic hydroxyl groups is 2. The van der Waals surface area contributed by atoms with Gasteiger partial charge in [0.2, 0.25) is 23.8 Å². The smallest absolute Gasteiger partial charge is 0.239 e. The molecule has 42 heavy (non-hydrogen) atoms. The van der Waals surface area contributed by atoms with Crippen molar-refractivity contribution in [2.24, 2.45) is 0 Å². The number of ether oxygens (including phenoxy) is 4. The molecular formula is C27H30O15. The zero-order chi connectivity index (χ0) is 30.5. The van der Waals surface area contributed by atoms with E-state index in [1.165, 1.54) is 37.3 Å². The third kappa shape index (κ3) is 5.37. The molecule has 0 saturated carbocycles. The first-order chi connectivity index (χ1) is 19.9. The van der Waals surface area contributed by atoms with Gasteiger partial charge in [-0.15, -0.1) is 0 Å². The van der Waals surface area contributed by atoms with Gasteiger partial charge in [-0.1, -0.05) is 0 Å². The van der Waals surface area contributed by atoms with Gasteiger partial charge in [-0.05, 0) is 31.2 Å². The van der Waals surface area contributed by atoms with E-state index in [2.05, 4.69) is 0 Å². The zero-order valence-corrected chi connectivity index (χ0v) is 21.9. The maximum absolute atomic E-state index is 13.7. The van der Waals surface area contributed by atoms with E-state index in [9.17, 15) is 50.8 Å². The predicted molar refractivity (Wildman–Crippen MR) is 139 cm³/mol. The minimum absolute atomic E-state index is 0.112. The van der Waals surface area contributed by atoms with Crippen molar-refractivity contribution in [3.63, 3.8) is 0 Å². The number of hydrogen-bond acceptors (Lipinski definition) is 15. The molecule has 2 aromatic carbocycles. The van der Waals surface area contributed by atoms with Crippen LogP contribution in [0.25, 0.3) is 22.3 Å². The van der Waals surface area contributed by atoms with Gasteiger partial charge < -0.3 is 69.3 Å². The number of benzene rings is 2. The summed E-state index contributed by atoms with van der Waals surface area (Å²) in [6.45, 7) is 0.702. The standard InChI is InChI=1S/C27H30O15/c1-9-17(31)20(34)22(36)26(38-9)39-12-6-13(30)16-14(7-12)40-24(10-2-4-11(29)5-3-10)25(19(16)33)42-27-23(37)21(35)18(32)15(8-28)41-27/h2-7,9,15,17-18,20-23,26-32,34-37H,8H2,1H3/t9?,15?,17-,18+,20?,21?,22?,23?,26-,27-/m0/s1. The third-order valence-electron chi connectivity index (χ3n) is 7.18. The van der Waals surface area contributed by atoms with E-state index in [-0.39, 0.29) is 28.4 Å². The summed E-state index contributed by atoms with van der Waals surface area (Å²) < 4.78 is 28.0. The Morgan fingerprint density at radius 2 is 1.40 bits per heavy atom. The lowest BCUT2D eigenvalue weighted by atomic mass is 9.99. The molecule has 2 fully saturated rings. The second-order valence-electron chi connectivity index (χ2n) is 10.1. The zero-order valence-electron chi connectivity index (χ0n) is 21.9. The lowest BCUT2D eigenvalue weighted by molar-refractivity contribution is -0.277. The molecule has 0 spiro atoms. The van der Waals surface area contributed by atoms with Crippen molar-refractivity contribution in [1.82, 2.24) is 0 Å². The molecule has 2 saturated heterocycles. The molecule has 2 aliphatic heterocycles. The van der Waals surface area contributed by atoms with E-state index < -0.39 is 90.3 Å². The minimum Gasteiger partial charge on any atom is -0.508 e. The van der Waals surface area contributed by atoms with E-state index in [1.54, 1.807) is 0 Å². The van der Waals surface area contributed by atoms with Gasteiger partial charge in [0.25, 0.3) is 0 Å². The van der Waals surface area contributed by atoms with E-state index in [4.69, 9.17) is 23.4 Å². The molecule has 10 atom stereocenters. The summed E-state index contributed by atoms with van der Waals surface area (Å²) in [6, 6.07) is 7.53. The highest BCUT2D eigenvalue weighted by Gasteiger charge is 2.46. The molecule has 0 aliphatic carbocycles. The Hall–Kier alpha value is -3.51. The van der Waals surface area contributed by atoms with Gasteiger partial charge in [0.1, 0.15) is 70.9 Å². The molecule has 9 N–H and O–H groups in total. The number of rotatable bonds is 6. The van der Waals surface area contributed by atoms with E-state index in [1.807, 2.05) is 0 Å². The Morgan fingerprint density at radius 3 is 2.05 bits per heavy atom. The summed E-state index contributed by atoms with van der Waals surface area (Å²) in [5, 5.41) is 90.7. The normalized spacial score (nSPS) is 33.4. The first kappa shape index (κ1) is 30.0.